The van der Waals surface area contributed by atoms with Gasteiger partial charge in [-0.2, -0.15) is 0 Å². The predicted octanol–water partition coefficient (Wildman–Crippen LogP) is 2.03. The van der Waals surface area contributed by atoms with Gasteiger partial charge in [-0.05, 0) is 57.5 Å². The molecule has 2 fully saturated rings. The zero-order chi connectivity index (χ0) is 12.6. The van der Waals surface area contributed by atoms with Gasteiger partial charge in [0.15, 0.2) is 0 Å². The molecule has 0 atom stereocenters. The fourth-order valence-electron chi connectivity index (χ4n) is 2.60. The Hall–Kier alpha value is -1.13. The number of hydrogen-bond donors (Lipinski definition) is 2. The van der Waals surface area contributed by atoms with Crippen LogP contribution in [0, 0.1) is 0 Å². The van der Waals surface area contributed by atoms with E-state index >= 15 is 0 Å². The molecule has 1 saturated carbocycles. The van der Waals surface area contributed by atoms with Gasteiger partial charge in [0.05, 0.1) is 5.69 Å². The fourth-order valence-corrected chi connectivity index (χ4v) is 2.60. The van der Waals surface area contributed by atoms with Crippen LogP contribution in [0.15, 0.2) is 18.5 Å². The van der Waals surface area contributed by atoms with E-state index in [1.54, 1.807) is 0 Å². The molecule has 0 spiro atoms. The monoisotopic (exact) mass is 250 g/mol. The molecule has 0 unspecified atom stereocenters. The van der Waals surface area contributed by atoms with Gasteiger partial charge in [0.25, 0.3) is 0 Å². The second-order valence-corrected chi connectivity index (χ2v) is 5.84. The lowest BCUT2D eigenvalue weighted by Crippen LogP contribution is -2.36. The topological polar surface area (TPSA) is 54.2 Å². The smallest absolute Gasteiger partial charge is 0.0532 e. The molecule has 1 aliphatic heterocycles. The zero-order valence-corrected chi connectivity index (χ0v) is 11.0. The van der Waals surface area contributed by atoms with Gasteiger partial charge in [-0.25, -0.2) is 0 Å². The summed E-state index contributed by atoms with van der Waals surface area (Å²) < 4.78 is 0. The highest BCUT2D eigenvalue weighted by Gasteiger charge is 2.40. The number of likely N-dealkylation sites (tertiary alicyclic amines) is 1. The Bertz CT molecular complexity index is 429. The number of anilines is 1. The van der Waals surface area contributed by atoms with Gasteiger partial charge >= 0.3 is 0 Å². The van der Waals surface area contributed by atoms with Crippen LogP contribution < -0.4 is 11.1 Å². The maximum atomic E-state index is 6.21. The van der Waals surface area contributed by atoms with Crippen LogP contribution in [0.4, 0.5) is 5.69 Å². The lowest BCUT2D eigenvalue weighted by Gasteiger charge is -2.30. The summed E-state index contributed by atoms with van der Waals surface area (Å²) in [5.41, 5.74) is 8.43. The molecule has 102 valence electrons. The largest absolute Gasteiger partial charge is 0.381 e. The molecule has 4 nitrogen and oxygen atoms in total. The molecule has 0 radical (unpaired) electrons. The van der Waals surface area contributed by atoms with E-state index in [4.69, 9.17) is 5.73 Å². The molecule has 1 aliphatic carbocycles. The van der Waals surface area contributed by atoms with Crippen LogP contribution in [0.25, 0.3) is 0 Å². The minimum atomic E-state index is -0.0858. The Labute approximate surface area is 112 Å². The second kappa shape index (κ2) is 4.52. The quantitative estimate of drug-likeness (QED) is 0.862. The average Bonchev–Trinajstić information content (AvgIpc) is 3.12. The van der Waals surface area contributed by atoms with E-state index in [0.29, 0.717) is 6.04 Å². The molecule has 1 aromatic heterocycles. The van der Waals surface area contributed by atoms with E-state index in [-0.39, 0.29) is 8.39 Å². The van der Waals surface area contributed by atoms with Gasteiger partial charge in [0.1, 0.15) is 0 Å². The molecule has 3 rings (SSSR count). The van der Waals surface area contributed by atoms with Crippen molar-refractivity contribution in [1.82, 2.24) is 9.88 Å². The maximum Gasteiger partial charge on any atom is 0.0532 e. The Morgan fingerprint density at radius 1 is 1.39 bits per heavy atom. The predicted molar refractivity (Wildman–Crippen MR) is 77.7 cm³/mol. The molecule has 1 saturated heterocycles. The molecule has 0 aromatic carbocycles. The highest BCUT2D eigenvalue weighted by Crippen LogP contribution is 2.42. The molecular weight excluding hydrogens is 224 g/mol. The summed E-state index contributed by atoms with van der Waals surface area (Å²) in [7, 11) is 2.18. The van der Waals surface area contributed by atoms with Crippen molar-refractivity contribution >= 4 is 5.69 Å². The lowest BCUT2D eigenvalue weighted by atomic mass is 10.0. The van der Waals surface area contributed by atoms with E-state index in [1.807, 2.05) is 12.4 Å². The van der Waals surface area contributed by atoms with Crippen LogP contribution in [0.3, 0.4) is 0 Å². The Morgan fingerprint density at radius 3 is 2.78 bits per heavy atom. The Balaban J connectivity index is 0.000001000. The molecule has 0 bridgehead atoms. The summed E-state index contributed by atoms with van der Waals surface area (Å²) in [6, 6.07) is 2.75. The van der Waals surface area contributed by atoms with E-state index in [2.05, 4.69) is 28.3 Å². The number of piperidine rings is 1. The van der Waals surface area contributed by atoms with Crippen molar-refractivity contribution in [1.29, 1.82) is 0 Å². The maximum absolute atomic E-state index is 6.21. The minimum Gasteiger partial charge on any atom is -0.381 e. The van der Waals surface area contributed by atoms with Crippen LogP contribution in [0.2, 0.25) is 0 Å². The van der Waals surface area contributed by atoms with Crippen molar-refractivity contribution < 1.29 is 2.85 Å². The summed E-state index contributed by atoms with van der Waals surface area (Å²) in [6.07, 6.45) is 8.40. The third kappa shape index (κ3) is 2.49. The van der Waals surface area contributed by atoms with Crippen LogP contribution in [0.5, 0.6) is 0 Å². The van der Waals surface area contributed by atoms with Crippen molar-refractivity contribution in [2.24, 2.45) is 5.73 Å². The van der Waals surface area contributed by atoms with E-state index in [0.717, 1.165) is 18.5 Å². The number of pyridine rings is 1. The molecule has 1 aromatic rings. The molecule has 4 heteroatoms. The van der Waals surface area contributed by atoms with Gasteiger partial charge in [-0.15, -0.1) is 0 Å². The van der Waals surface area contributed by atoms with E-state index in [9.17, 15) is 0 Å². The van der Waals surface area contributed by atoms with Crippen molar-refractivity contribution in [3.05, 3.63) is 24.0 Å². The van der Waals surface area contributed by atoms with Gasteiger partial charge in [-0.1, -0.05) is 0 Å². The third-order valence-corrected chi connectivity index (χ3v) is 4.19. The van der Waals surface area contributed by atoms with Gasteiger partial charge in [0.2, 0.25) is 0 Å². The number of nitrogens with two attached hydrogens (primary N) is 1. The van der Waals surface area contributed by atoms with Crippen molar-refractivity contribution in [3.8, 4) is 0 Å². The number of nitrogens with one attached hydrogen (secondary N) is 1. The van der Waals surface area contributed by atoms with Crippen LogP contribution in [-0.2, 0) is 5.54 Å². The highest BCUT2D eigenvalue weighted by atomic mass is 15.1. The first-order chi connectivity index (χ1) is 8.66. The summed E-state index contributed by atoms with van der Waals surface area (Å²) >= 11 is 0. The summed E-state index contributed by atoms with van der Waals surface area (Å²) in [5.74, 6) is 0. The molecule has 18 heavy (non-hydrogen) atoms. The van der Waals surface area contributed by atoms with Crippen molar-refractivity contribution in [2.45, 2.75) is 37.3 Å². The lowest BCUT2D eigenvalue weighted by molar-refractivity contribution is 0.264. The normalized spacial score (nSPS) is 23.9. The van der Waals surface area contributed by atoms with Crippen LogP contribution >= 0.6 is 0 Å². The first-order valence-corrected chi connectivity index (χ1v) is 6.85. The summed E-state index contributed by atoms with van der Waals surface area (Å²) in [4.78, 5) is 6.70. The Morgan fingerprint density at radius 2 is 2.11 bits per heavy atom. The highest BCUT2D eigenvalue weighted by molar-refractivity contribution is 5.46. The molecule has 2 heterocycles. The molecule has 2 aliphatic rings. The van der Waals surface area contributed by atoms with Crippen molar-refractivity contribution in [3.63, 3.8) is 0 Å². The number of rotatable bonds is 3. The molecule has 3 N–H and O–H groups in total. The second-order valence-electron chi connectivity index (χ2n) is 5.84. The van der Waals surface area contributed by atoms with E-state index < -0.39 is 0 Å². The first-order valence-electron chi connectivity index (χ1n) is 6.85. The SMILES string of the molecule is CN1CCC(Nc2cncc(C3(N)CC3)c2)CC1.[HH].[HH]. The molecule has 0 amide bonds. The standard InChI is InChI=1S/C14H22N4.2H2/c1-18-6-2-12(3-7-18)17-13-8-11(9-16-10-13)14(15)4-5-14;;/h8-10,12,17H,2-7,15H2,1H3;2*1H. The summed E-state index contributed by atoms with van der Waals surface area (Å²) in [5, 5.41) is 3.60. The van der Waals surface area contributed by atoms with Gasteiger partial charge in [-0.3, -0.25) is 4.98 Å². The van der Waals surface area contributed by atoms with Gasteiger partial charge < -0.3 is 16.0 Å². The molecular formula is C14H26N4. The number of hydrogen-bond acceptors (Lipinski definition) is 4. The number of aromatic nitrogens is 1. The summed E-state index contributed by atoms with van der Waals surface area (Å²) in [6.45, 7) is 2.34. The third-order valence-electron chi connectivity index (χ3n) is 4.19. The van der Waals surface area contributed by atoms with Crippen LogP contribution in [-0.4, -0.2) is 36.1 Å². The van der Waals surface area contributed by atoms with Gasteiger partial charge in [0, 0.05) is 26.8 Å². The minimum absolute atomic E-state index is 0. The Kier molecular flexibility index (Phi) is 2.99. The number of nitrogens with zero attached hydrogens (tertiary/aromatic N) is 2. The average molecular weight is 250 g/mol. The zero-order valence-electron chi connectivity index (χ0n) is 11.0. The fraction of sp³-hybridized carbons (Fsp3) is 0.643. The van der Waals surface area contributed by atoms with Crippen molar-refractivity contribution in [2.75, 3.05) is 25.5 Å². The van der Waals surface area contributed by atoms with E-state index in [1.165, 1.54) is 31.5 Å². The first kappa shape index (κ1) is 11.9. The van der Waals surface area contributed by atoms with Crippen LogP contribution in [0.1, 0.15) is 34.1 Å².